The van der Waals surface area contributed by atoms with E-state index in [2.05, 4.69) is 4.72 Å². The van der Waals surface area contributed by atoms with Gasteiger partial charge in [0, 0.05) is 23.6 Å². The van der Waals surface area contributed by atoms with Crippen molar-refractivity contribution in [3.63, 3.8) is 0 Å². The third-order valence-corrected chi connectivity index (χ3v) is 8.83. The number of sulfonamides is 1. The number of nitrogens with one attached hydrogen (secondary N) is 1. The molecular formula is C26H30F2N2O4S. The lowest BCUT2D eigenvalue weighted by Crippen LogP contribution is -2.54. The Balaban J connectivity index is 1.53. The molecule has 2 aromatic rings. The highest BCUT2D eigenvalue weighted by atomic mass is 32.2. The molecule has 3 aliphatic rings. The number of likely N-dealkylation sites (tertiary alicyclic amines) is 1. The van der Waals surface area contributed by atoms with Crippen LogP contribution in [0, 0.1) is 17.2 Å². The van der Waals surface area contributed by atoms with Gasteiger partial charge in [-0.3, -0.25) is 4.79 Å². The number of benzene rings is 2. The van der Waals surface area contributed by atoms with Gasteiger partial charge in [-0.25, -0.2) is 21.9 Å². The number of hydrogen-bond acceptors (Lipinski definition) is 4. The molecule has 5 rings (SSSR count). The van der Waals surface area contributed by atoms with Crippen LogP contribution in [-0.4, -0.2) is 54.6 Å². The third-order valence-electron chi connectivity index (χ3n) is 7.93. The molecule has 1 amide bonds. The summed E-state index contributed by atoms with van der Waals surface area (Å²) in [6.45, 7) is 1.75. The van der Waals surface area contributed by atoms with Gasteiger partial charge in [0.05, 0.1) is 6.04 Å². The van der Waals surface area contributed by atoms with E-state index in [1.54, 1.807) is 30.3 Å². The van der Waals surface area contributed by atoms with Crippen LogP contribution in [0.5, 0.6) is 0 Å². The summed E-state index contributed by atoms with van der Waals surface area (Å²) in [5.41, 5.74) is -0.660. The summed E-state index contributed by atoms with van der Waals surface area (Å²) in [4.78, 5) is 15.1. The molecule has 3 fully saturated rings. The molecule has 2 N–H and O–H groups in total. The predicted octanol–water partition coefficient (Wildman–Crippen LogP) is 3.40. The Morgan fingerprint density at radius 3 is 2.46 bits per heavy atom. The van der Waals surface area contributed by atoms with E-state index < -0.39 is 50.9 Å². The molecule has 6 nitrogen and oxygen atoms in total. The topological polar surface area (TPSA) is 86.7 Å². The van der Waals surface area contributed by atoms with Crippen molar-refractivity contribution >= 4 is 15.9 Å². The number of hydrogen-bond donors (Lipinski definition) is 2. The Hall–Kier alpha value is -2.36. The highest BCUT2D eigenvalue weighted by Crippen LogP contribution is 2.56. The normalized spacial score (nSPS) is 25.0. The second-order valence-electron chi connectivity index (χ2n) is 10.5. The Labute approximate surface area is 204 Å². The molecule has 3 atom stereocenters. The van der Waals surface area contributed by atoms with Crippen LogP contribution in [0.25, 0.3) is 11.1 Å². The fourth-order valence-electron chi connectivity index (χ4n) is 5.57. The van der Waals surface area contributed by atoms with Crippen LogP contribution in [0.15, 0.2) is 48.5 Å². The molecule has 1 spiro atoms. The average Bonchev–Trinajstić information content (AvgIpc) is 3.76. The molecule has 0 unspecified atom stereocenters. The fourth-order valence-corrected chi connectivity index (χ4v) is 6.42. The molecule has 188 valence electrons. The quantitative estimate of drug-likeness (QED) is 0.577. The van der Waals surface area contributed by atoms with Gasteiger partial charge in [-0.1, -0.05) is 48.5 Å². The number of carbonyl (C=O) groups is 1. The van der Waals surface area contributed by atoms with E-state index >= 15 is 4.39 Å². The van der Waals surface area contributed by atoms with Crippen LogP contribution in [-0.2, 0) is 21.2 Å². The standard InChI is InChI=1S/C26H30F2N2O4S/c1-25(32,19-10-11-19)24(31)30-15-26(12-13-26)23(29-35(33,34)16-27)21(30)14-18-8-5-9-20(22(18)28)17-6-3-2-4-7-17/h2-9,19,21,23,29,32H,10-16H2,1H3/t21-,23+,25-/m0/s1. The number of halogens is 2. The fraction of sp³-hybridized carbons (Fsp3) is 0.500. The lowest BCUT2D eigenvalue weighted by molar-refractivity contribution is -0.153. The summed E-state index contributed by atoms with van der Waals surface area (Å²) in [5, 5.41) is 11.0. The number of aliphatic hydroxyl groups is 1. The molecule has 35 heavy (non-hydrogen) atoms. The summed E-state index contributed by atoms with van der Waals surface area (Å²) in [7, 11) is -4.22. The van der Waals surface area contributed by atoms with E-state index in [0.29, 0.717) is 29.5 Å². The molecule has 0 aromatic heterocycles. The zero-order valence-electron chi connectivity index (χ0n) is 19.6. The van der Waals surface area contributed by atoms with Crippen LogP contribution in [0.1, 0.15) is 38.2 Å². The van der Waals surface area contributed by atoms with Gasteiger partial charge in [0.15, 0.2) is 0 Å². The number of rotatable bonds is 8. The van der Waals surface area contributed by atoms with Gasteiger partial charge in [0.1, 0.15) is 11.4 Å². The summed E-state index contributed by atoms with van der Waals surface area (Å²) in [6, 6.07) is 11.0. The molecule has 0 radical (unpaired) electrons. The molecule has 0 bridgehead atoms. The van der Waals surface area contributed by atoms with Crippen LogP contribution in [0.4, 0.5) is 8.78 Å². The lowest BCUT2D eigenvalue weighted by Gasteiger charge is -2.34. The number of carbonyl (C=O) groups excluding carboxylic acids is 1. The van der Waals surface area contributed by atoms with Gasteiger partial charge in [-0.2, -0.15) is 0 Å². The van der Waals surface area contributed by atoms with E-state index in [1.165, 1.54) is 11.8 Å². The van der Waals surface area contributed by atoms with Crippen LogP contribution < -0.4 is 4.72 Å². The Kier molecular flexibility index (Phi) is 6.01. The number of alkyl halides is 1. The second kappa shape index (κ2) is 8.64. The minimum absolute atomic E-state index is 0.0419. The Bertz CT molecular complexity index is 1230. The highest BCUT2D eigenvalue weighted by molar-refractivity contribution is 7.89. The summed E-state index contributed by atoms with van der Waals surface area (Å²) in [6.07, 6.45) is 2.87. The molecule has 9 heteroatoms. The van der Waals surface area contributed by atoms with Crippen molar-refractivity contribution in [1.82, 2.24) is 9.62 Å². The van der Waals surface area contributed by atoms with Crippen molar-refractivity contribution in [1.29, 1.82) is 0 Å². The summed E-state index contributed by atoms with van der Waals surface area (Å²) in [5.74, 6) is -1.06. The van der Waals surface area contributed by atoms with Crippen LogP contribution >= 0.6 is 0 Å². The van der Waals surface area contributed by atoms with Crippen molar-refractivity contribution in [2.75, 3.05) is 12.6 Å². The SMILES string of the molecule is C[C@@](O)(C(=O)N1CC2(CC2)[C@H](NS(=O)(=O)CF)[C@@H]1Cc1cccc(-c2ccccc2)c1F)C1CC1. The number of nitrogens with zero attached hydrogens (tertiary/aromatic N) is 1. The van der Waals surface area contributed by atoms with Gasteiger partial charge in [-0.15, -0.1) is 0 Å². The van der Waals surface area contributed by atoms with Crippen molar-refractivity contribution in [3.05, 3.63) is 59.9 Å². The first kappa shape index (κ1) is 24.3. The van der Waals surface area contributed by atoms with E-state index in [4.69, 9.17) is 0 Å². The predicted molar refractivity (Wildman–Crippen MR) is 128 cm³/mol. The Morgan fingerprint density at radius 1 is 1.17 bits per heavy atom. The molecule has 2 aliphatic carbocycles. The highest BCUT2D eigenvalue weighted by Gasteiger charge is 2.63. The average molecular weight is 505 g/mol. The summed E-state index contributed by atoms with van der Waals surface area (Å²) >= 11 is 0. The first-order chi connectivity index (χ1) is 16.6. The van der Waals surface area contributed by atoms with Crippen molar-refractivity contribution < 1.29 is 27.1 Å². The monoisotopic (exact) mass is 504 g/mol. The Morgan fingerprint density at radius 2 is 1.86 bits per heavy atom. The van der Waals surface area contributed by atoms with Gasteiger partial charge in [0.2, 0.25) is 16.0 Å². The van der Waals surface area contributed by atoms with Crippen molar-refractivity contribution in [2.24, 2.45) is 11.3 Å². The lowest BCUT2D eigenvalue weighted by atomic mass is 9.91. The molecule has 1 heterocycles. The third kappa shape index (κ3) is 4.49. The zero-order chi connectivity index (χ0) is 25.0. The maximum absolute atomic E-state index is 15.7. The maximum Gasteiger partial charge on any atom is 0.254 e. The van der Waals surface area contributed by atoms with Gasteiger partial charge in [0.25, 0.3) is 5.91 Å². The first-order valence-corrected chi connectivity index (χ1v) is 13.7. The minimum Gasteiger partial charge on any atom is -0.380 e. The molecule has 2 aromatic carbocycles. The first-order valence-electron chi connectivity index (χ1n) is 12.0. The van der Waals surface area contributed by atoms with E-state index in [-0.39, 0.29) is 18.9 Å². The molecular weight excluding hydrogens is 474 g/mol. The van der Waals surface area contributed by atoms with Gasteiger partial charge < -0.3 is 10.0 Å². The maximum atomic E-state index is 15.7. The molecule has 1 saturated heterocycles. The van der Waals surface area contributed by atoms with E-state index in [0.717, 1.165) is 12.8 Å². The molecule has 2 saturated carbocycles. The smallest absolute Gasteiger partial charge is 0.254 e. The van der Waals surface area contributed by atoms with E-state index in [9.17, 15) is 22.7 Å². The largest absolute Gasteiger partial charge is 0.380 e. The van der Waals surface area contributed by atoms with Crippen molar-refractivity contribution in [3.8, 4) is 11.1 Å². The van der Waals surface area contributed by atoms with Gasteiger partial charge >= 0.3 is 0 Å². The van der Waals surface area contributed by atoms with E-state index in [1.807, 2.05) is 18.2 Å². The second-order valence-corrected chi connectivity index (χ2v) is 12.1. The van der Waals surface area contributed by atoms with Gasteiger partial charge in [-0.05, 0) is 56.1 Å². The number of amides is 1. The minimum atomic E-state index is -4.22. The zero-order valence-corrected chi connectivity index (χ0v) is 20.4. The molecule has 1 aliphatic heterocycles. The summed E-state index contributed by atoms with van der Waals surface area (Å²) < 4.78 is 56.0. The van der Waals surface area contributed by atoms with Crippen molar-refractivity contribution in [2.45, 2.75) is 56.7 Å². The van der Waals surface area contributed by atoms with Crippen LogP contribution in [0.2, 0.25) is 0 Å². The van der Waals surface area contributed by atoms with Crippen LogP contribution in [0.3, 0.4) is 0 Å².